The first-order valence-corrected chi connectivity index (χ1v) is 6.32. The van der Waals surface area contributed by atoms with Gasteiger partial charge < -0.3 is 5.73 Å². The van der Waals surface area contributed by atoms with Gasteiger partial charge in [-0.3, -0.25) is 4.90 Å². The lowest BCUT2D eigenvalue weighted by atomic mass is 10.1. The van der Waals surface area contributed by atoms with Gasteiger partial charge >= 0.3 is 0 Å². The summed E-state index contributed by atoms with van der Waals surface area (Å²) in [4.78, 5) is 2.35. The maximum absolute atomic E-state index is 6.14. The lowest BCUT2D eigenvalue weighted by molar-refractivity contribution is 0.201. The smallest absolute Gasteiger partial charge is 0.0465 e. The second-order valence-electron chi connectivity index (χ2n) is 4.37. The molecule has 1 aliphatic rings. The Morgan fingerprint density at radius 2 is 2.19 bits per heavy atom. The molecule has 1 aliphatic heterocycles. The maximum atomic E-state index is 6.14. The van der Waals surface area contributed by atoms with Crippen molar-refractivity contribution in [3.8, 4) is 0 Å². The van der Waals surface area contributed by atoms with Crippen LogP contribution in [0.15, 0.2) is 18.2 Å². The molecule has 1 saturated heterocycles. The molecule has 0 radical (unpaired) electrons. The van der Waals surface area contributed by atoms with E-state index in [1.807, 2.05) is 12.1 Å². The van der Waals surface area contributed by atoms with Gasteiger partial charge in [-0.05, 0) is 37.1 Å². The van der Waals surface area contributed by atoms with Crippen molar-refractivity contribution in [3.05, 3.63) is 33.8 Å². The second kappa shape index (κ2) is 5.37. The first-order chi connectivity index (χ1) is 7.65. The Bertz CT molecular complexity index is 368. The van der Waals surface area contributed by atoms with Crippen LogP contribution in [0, 0.1) is 0 Å². The standard InChI is InChI=1S/C12H16Cl2N2/c13-10-4-3-9(12(14)6-10)7-16-5-1-2-11(15)8-16/h3-4,6,11H,1-2,5,7-8,15H2. The Kier molecular flexibility index (Phi) is 4.09. The Hall–Kier alpha value is -0.280. The van der Waals surface area contributed by atoms with E-state index < -0.39 is 0 Å². The molecule has 4 heteroatoms. The zero-order valence-electron chi connectivity index (χ0n) is 9.13. The summed E-state index contributed by atoms with van der Waals surface area (Å²) in [5.41, 5.74) is 7.07. The molecule has 16 heavy (non-hydrogen) atoms. The Balaban J connectivity index is 2.02. The predicted octanol–water partition coefficient (Wildman–Crippen LogP) is 2.92. The molecule has 1 fully saturated rings. The number of hydrogen-bond acceptors (Lipinski definition) is 2. The Morgan fingerprint density at radius 3 is 2.88 bits per heavy atom. The minimum atomic E-state index is 0.305. The molecule has 0 aliphatic carbocycles. The molecular formula is C12H16Cl2N2. The third-order valence-electron chi connectivity index (χ3n) is 2.95. The van der Waals surface area contributed by atoms with E-state index in [2.05, 4.69) is 4.90 Å². The molecule has 2 nitrogen and oxygen atoms in total. The van der Waals surface area contributed by atoms with Crippen LogP contribution in [0.3, 0.4) is 0 Å². The fourth-order valence-electron chi connectivity index (χ4n) is 2.13. The fourth-order valence-corrected chi connectivity index (χ4v) is 2.59. The highest BCUT2D eigenvalue weighted by molar-refractivity contribution is 6.35. The van der Waals surface area contributed by atoms with Crippen LogP contribution >= 0.6 is 23.2 Å². The number of piperidine rings is 1. The van der Waals surface area contributed by atoms with Crippen LogP contribution < -0.4 is 5.73 Å². The monoisotopic (exact) mass is 258 g/mol. The molecule has 0 aromatic heterocycles. The Morgan fingerprint density at radius 1 is 1.38 bits per heavy atom. The topological polar surface area (TPSA) is 29.3 Å². The van der Waals surface area contributed by atoms with Crippen molar-refractivity contribution in [2.24, 2.45) is 5.73 Å². The zero-order chi connectivity index (χ0) is 11.5. The molecular weight excluding hydrogens is 243 g/mol. The quantitative estimate of drug-likeness (QED) is 0.884. The van der Waals surface area contributed by atoms with Gasteiger partial charge in [-0.15, -0.1) is 0 Å². The minimum Gasteiger partial charge on any atom is -0.327 e. The van der Waals surface area contributed by atoms with Gasteiger partial charge in [-0.25, -0.2) is 0 Å². The molecule has 0 saturated carbocycles. The van der Waals surface area contributed by atoms with Crippen molar-refractivity contribution >= 4 is 23.2 Å². The minimum absolute atomic E-state index is 0.305. The summed E-state index contributed by atoms with van der Waals surface area (Å²) in [5.74, 6) is 0. The van der Waals surface area contributed by atoms with E-state index in [1.165, 1.54) is 6.42 Å². The molecule has 1 aromatic carbocycles. The van der Waals surface area contributed by atoms with Crippen molar-refractivity contribution in [3.63, 3.8) is 0 Å². The molecule has 1 heterocycles. The molecule has 2 N–H and O–H groups in total. The van der Waals surface area contributed by atoms with Crippen molar-refractivity contribution in [2.45, 2.75) is 25.4 Å². The molecule has 1 atom stereocenters. The number of halogens is 2. The third-order valence-corrected chi connectivity index (χ3v) is 3.54. The van der Waals surface area contributed by atoms with Crippen LogP contribution in [0.4, 0.5) is 0 Å². The molecule has 1 aromatic rings. The van der Waals surface area contributed by atoms with E-state index in [0.29, 0.717) is 11.1 Å². The van der Waals surface area contributed by atoms with Crippen LogP contribution in [0.1, 0.15) is 18.4 Å². The average molecular weight is 259 g/mol. The van der Waals surface area contributed by atoms with E-state index >= 15 is 0 Å². The summed E-state index contributed by atoms with van der Waals surface area (Å²) in [6, 6.07) is 5.97. The third kappa shape index (κ3) is 3.11. The van der Waals surface area contributed by atoms with E-state index in [-0.39, 0.29) is 0 Å². The van der Waals surface area contributed by atoms with E-state index in [0.717, 1.165) is 36.6 Å². The zero-order valence-corrected chi connectivity index (χ0v) is 10.6. The van der Waals surface area contributed by atoms with Gasteiger partial charge in [0.1, 0.15) is 0 Å². The summed E-state index contributed by atoms with van der Waals surface area (Å²) in [6.45, 7) is 2.93. The van der Waals surface area contributed by atoms with Crippen LogP contribution in [-0.4, -0.2) is 24.0 Å². The van der Waals surface area contributed by atoms with Crippen molar-refractivity contribution < 1.29 is 0 Å². The molecule has 2 rings (SSSR count). The molecule has 0 bridgehead atoms. The summed E-state index contributed by atoms with van der Waals surface area (Å²) >= 11 is 12.0. The molecule has 88 valence electrons. The SMILES string of the molecule is NC1CCCN(Cc2ccc(Cl)cc2Cl)C1. The van der Waals surface area contributed by atoms with Gasteiger partial charge in [0.15, 0.2) is 0 Å². The maximum Gasteiger partial charge on any atom is 0.0465 e. The highest BCUT2D eigenvalue weighted by atomic mass is 35.5. The van der Waals surface area contributed by atoms with Crippen molar-refractivity contribution in [1.29, 1.82) is 0 Å². The summed E-state index contributed by atoms with van der Waals surface area (Å²) in [7, 11) is 0. The number of likely N-dealkylation sites (tertiary alicyclic amines) is 1. The van der Waals surface area contributed by atoms with Gasteiger partial charge in [-0.1, -0.05) is 29.3 Å². The first-order valence-electron chi connectivity index (χ1n) is 5.57. The lowest BCUT2D eigenvalue weighted by Gasteiger charge is -2.30. The summed E-state index contributed by atoms with van der Waals surface area (Å²) < 4.78 is 0. The summed E-state index contributed by atoms with van der Waals surface area (Å²) in [5, 5.41) is 1.43. The van der Waals surface area contributed by atoms with E-state index in [1.54, 1.807) is 6.07 Å². The van der Waals surface area contributed by atoms with E-state index in [9.17, 15) is 0 Å². The van der Waals surface area contributed by atoms with Gasteiger partial charge in [0.25, 0.3) is 0 Å². The largest absolute Gasteiger partial charge is 0.327 e. The number of nitrogens with zero attached hydrogens (tertiary/aromatic N) is 1. The predicted molar refractivity (Wildman–Crippen MR) is 68.9 cm³/mol. The lowest BCUT2D eigenvalue weighted by Crippen LogP contribution is -2.42. The summed E-state index contributed by atoms with van der Waals surface area (Å²) in [6.07, 6.45) is 2.30. The van der Waals surface area contributed by atoms with Crippen molar-refractivity contribution in [2.75, 3.05) is 13.1 Å². The highest BCUT2D eigenvalue weighted by Crippen LogP contribution is 2.23. The first kappa shape index (κ1) is 12.2. The van der Waals surface area contributed by atoms with Crippen LogP contribution in [0.5, 0.6) is 0 Å². The van der Waals surface area contributed by atoms with Crippen LogP contribution in [-0.2, 0) is 6.54 Å². The van der Waals surface area contributed by atoms with Gasteiger partial charge in [-0.2, -0.15) is 0 Å². The van der Waals surface area contributed by atoms with Crippen LogP contribution in [0.25, 0.3) is 0 Å². The molecule has 0 spiro atoms. The van der Waals surface area contributed by atoms with Gasteiger partial charge in [0.2, 0.25) is 0 Å². The molecule has 1 unspecified atom stereocenters. The van der Waals surface area contributed by atoms with Crippen molar-refractivity contribution in [1.82, 2.24) is 4.90 Å². The van der Waals surface area contributed by atoms with Gasteiger partial charge in [0, 0.05) is 29.2 Å². The average Bonchev–Trinajstić information content (AvgIpc) is 2.22. The number of nitrogens with two attached hydrogens (primary N) is 1. The molecule has 0 amide bonds. The highest BCUT2D eigenvalue weighted by Gasteiger charge is 2.17. The van der Waals surface area contributed by atoms with Crippen LogP contribution in [0.2, 0.25) is 10.0 Å². The number of hydrogen-bond donors (Lipinski definition) is 1. The van der Waals surface area contributed by atoms with Gasteiger partial charge in [0.05, 0.1) is 0 Å². The van der Waals surface area contributed by atoms with E-state index in [4.69, 9.17) is 28.9 Å². The Labute approximate surface area is 106 Å². The fraction of sp³-hybridized carbons (Fsp3) is 0.500. The number of benzene rings is 1. The second-order valence-corrected chi connectivity index (χ2v) is 5.22. The normalized spacial score (nSPS) is 22.3. The number of rotatable bonds is 2.